The summed E-state index contributed by atoms with van der Waals surface area (Å²) in [5, 5.41) is 0. The average Bonchev–Trinajstić information content (AvgIpc) is 2.79. The van der Waals surface area contributed by atoms with Gasteiger partial charge in [0.05, 0.1) is 42.4 Å². The largest absolute Gasteiger partial charge is 0.490 e. The standard InChI is InChI=1S/C24H34F2N2O6S/c1-17(2)32-23(29)27-13-11-21(12-14-27)34-19-5-3-18(4-6-19)33-20-7-9-22(10-8-20)35(30,31)28-15-24(25,26)16-28/h7-10,17-19,21H,3-6,11-16H2,1-2H3/t18-,19-. The van der Waals surface area contributed by atoms with E-state index in [0.29, 0.717) is 18.8 Å². The molecule has 0 spiro atoms. The molecule has 8 nitrogen and oxygen atoms in total. The Hall–Kier alpha value is -1.98. The highest BCUT2D eigenvalue weighted by molar-refractivity contribution is 7.89. The van der Waals surface area contributed by atoms with E-state index in [1.807, 2.05) is 13.8 Å². The third-order valence-electron chi connectivity index (χ3n) is 6.62. The number of benzene rings is 1. The number of carbonyl (C=O) groups is 1. The van der Waals surface area contributed by atoms with Crippen LogP contribution < -0.4 is 4.74 Å². The van der Waals surface area contributed by atoms with Crippen LogP contribution in [0.3, 0.4) is 0 Å². The molecular weight excluding hydrogens is 482 g/mol. The van der Waals surface area contributed by atoms with Gasteiger partial charge in [0.15, 0.2) is 0 Å². The molecular formula is C24H34F2N2O6S. The number of hydrogen-bond donors (Lipinski definition) is 0. The smallest absolute Gasteiger partial charge is 0.410 e. The van der Waals surface area contributed by atoms with Crippen molar-refractivity contribution in [1.82, 2.24) is 9.21 Å². The molecule has 0 unspecified atom stereocenters. The second-order valence-corrected chi connectivity index (χ2v) is 11.8. The molecule has 2 saturated heterocycles. The lowest BCUT2D eigenvalue weighted by molar-refractivity contribution is -0.0945. The molecule has 0 atom stereocenters. The summed E-state index contributed by atoms with van der Waals surface area (Å²) in [5.41, 5.74) is 0. The first-order valence-electron chi connectivity index (χ1n) is 12.3. The first-order chi connectivity index (χ1) is 16.5. The Kier molecular flexibility index (Phi) is 7.87. The number of halogens is 2. The Balaban J connectivity index is 1.18. The number of nitrogens with zero attached hydrogens (tertiary/aromatic N) is 2. The molecule has 0 N–H and O–H groups in total. The van der Waals surface area contributed by atoms with Crippen LogP contribution in [-0.4, -0.2) is 80.2 Å². The van der Waals surface area contributed by atoms with Crippen LogP contribution >= 0.6 is 0 Å². The molecule has 4 rings (SSSR count). The molecule has 0 bridgehead atoms. The summed E-state index contributed by atoms with van der Waals surface area (Å²) >= 11 is 0. The van der Waals surface area contributed by atoms with Crippen molar-refractivity contribution in [1.29, 1.82) is 0 Å². The number of rotatable bonds is 7. The van der Waals surface area contributed by atoms with E-state index in [1.165, 1.54) is 12.1 Å². The van der Waals surface area contributed by atoms with E-state index in [0.717, 1.165) is 42.8 Å². The lowest BCUT2D eigenvalue weighted by Crippen LogP contribution is -2.58. The Morgan fingerprint density at radius 1 is 0.943 bits per heavy atom. The van der Waals surface area contributed by atoms with Crippen LogP contribution in [0.5, 0.6) is 5.75 Å². The molecule has 0 aromatic heterocycles. The number of piperidine rings is 1. The van der Waals surface area contributed by atoms with Gasteiger partial charge in [0.2, 0.25) is 10.0 Å². The molecule has 1 aromatic rings. The molecule has 1 aromatic carbocycles. The summed E-state index contributed by atoms with van der Waals surface area (Å²) in [6.45, 7) is 3.41. The molecule has 1 saturated carbocycles. The van der Waals surface area contributed by atoms with Crippen LogP contribution in [0.1, 0.15) is 52.4 Å². The number of ether oxygens (including phenoxy) is 3. The summed E-state index contributed by atoms with van der Waals surface area (Å²) in [4.78, 5) is 13.7. The molecule has 0 radical (unpaired) electrons. The summed E-state index contributed by atoms with van der Waals surface area (Å²) in [7, 11) is -3.91. The van der Waals surface area contributed by atoms with E-state index in [-0.39, 0.29) is 35.4 Å². The Labute approximate surface area is 205 Å². The minimum atomic E-state index is -3.91. The quantitative estimate of drug-likeness (QED) is 0.544. The Morgan fingerprint density at radius 3 is 2.03 bits per heavy atom. The van der Waals surface area contributed by atoms with Gasteiger partial charge >= 0.3 is 6.09 Å². The number of likely N-dealkylation sites (tertiary alicyclic amines) is 1. The third-order valence-corrected chi connectivity index (χ3v) is 8.43. The number of amides is 1. The van der Waals surface area contributed by atoms with E-state index in [2.05, 4.69) is 0 Å². The first kappa shape index (κ1) is 26.1. The highest BCUT2D eigenvalue weighted by atomic mass is 32.2. The van der Waals surface area contributed by atoms with Gasteiger partial charge in [-0.2, -0.15) is 4.31 Å². The van der Waals surface area contributed by atoms with Gasteiger partial charge in [0.1, 0.15) is 5.75 Å². The van der Waals surface area contributed by atoms with E-state index in [1.54, 1.807) is 17.0 Å². The fourth-order valence-electron chi connectivity index (χ4n) is 4.68. The van der Waals surface area contributed by atoms with Crippen LogP contribution in [0.2, 0.25) is 0 Å². The lowest BCUT2D eigenvalue weighted by Gasteiger charge is -2.37. The van der Waals surface area contributed by atoms with Gasteiger partial charge < -0.3 is 19.1 Å². The molecule has 3 fully saturated rings. The van der Waals surface area contributed by atoms with Crippen molar-refractivity contribution in [3.05, 3.63) is 24.3 Å². The zero-order chi connectivity index (χ0) is 25.2. The Morgan fingerprint density at radius 2 is 1.49 bits per heavy atom. The van der Waals surface area contributed by atoms with Crippen molar-refractivity contribution in [2.24, 2.45) is 0 Å². The normalized spacial score (nSPS) is 25.8. The van der Waals surface area contributed by atoms with Gasteiger partial charge in [-0.05, 0) is 76.6 Å². The summed E-state index contributed by atoms with van der Waals surface area (Å²) < 4.78 is 69.3. The SMILES string of the molecule is CC(C)OC(=O)N1CCC(O[C@H]2CC[C@H](Oc3ccc(S(=O)(=O)N4CC(F)(F)C4)cc3)CC2)CC1. The lowest BCUT2D eigenvalue weighted by atomic mass is 9.94. The maximum atomic E-state index is 13.0. The van der Waals surface area contributed by atoms with E-state index < -0.39 is 29.0 Å². The van der Waals surface area contributed by atoms with Gasteiger partial charge in [0, 0.05) is 13.1 Å². The van der Waals surface area contributed by atoms with Gasteiger partial charge in [0.25, 0.3) is 5.92 Å². The predicted octanol–water partition coefficient (Wildman–Crippen LogP) is 4.04. The summed E-state index contributed by atoms with van der Waals surface area (Å²) in [6, 6.07) is 5.95. The zero-order valence-electron chi connectivity index (χ0n) is 20.2. The van der Waals surface area contributed by atoms with Gasteiger partial charge in [-0.3, -0.25) is 0 Å². The predicted molar refractivity (Wildman–Crippen MR) is 124 cm³/mol. The average molecular weight is 517 g/mol. The minimum Gasteiger partial charge on any atom is -0.490 e. The van der Waals surface area contributed by atoms with Crippen LogP contribution in [0.4, 0.5) is 13.6 Å². The number of hydrogen-bond acceptors (Lipinski definition) is 6. The van der Waals surface area contributed by atoms with Crippen molar-refractivity contribution >= 4 is 16.1 Å². The highest BCUT2D eigenvalue weighted by Crippen LogP contribution is 2.33. The molecule has 1 amide bonds. The van der Waals surface area contributed by atoms with Crippen LogP contribution in [0.25, 0.3) is 0 Å². The van der Waals surface area contributed by atoms with Crippen molar-refractivity contribution in [2.75, 3.05) is 26.2 Å². The van der Waals surface area contributed by atoms with E-state index in [9.17, 15) is 22.0 Å². The summed E-state index contributed by atoms with van der Waals surface area (Å²) in [6.07, 6.45) is 4.93. The number of alkyl halides is 2. The molecule has 1 aliphatic carbocycles. The maximum Gasteiger partial charge on any atom is 0.410 e. The monoisotopic (exact) mass is 516 g/mol. The second-order valence-electron chi connectivity index (χ2n) is 9.87. The van der Waals surface area contributed by atoms with E-state index in [4.69, 9.17) is 14.2 Å². The van der Waals surface area contributed by atoms with Gasteiger partial charge in [-0.25, -0.2) is 22.0 Å². The second kappa shape index (κ2) is 10.6. The summed E-state index contributed by atoms with van der Waals surface area (Å²) in [5.74, 6) is -2.39. The molecule has 11 heteroatoms. The first-order valence-corrected chi connectivity index (χ1v) is 13.7. The Bertz CT molecular complexity index is 964. The van der Waals surface area contributed by atoms with Crippen LogP contribution in [0.15, 0.2) is 29.2 Å². The van der Waals surface area contributed by atoms with Gasteiger partial charge in [-0.15, -0.1) is 0 Å². The van der Waals surface area contributed by atoms with Crippen LogP contribution in [0, 0.1) is 0 Å². The molecule has 3 aliphatic rings. The fourth-order valence-corrected chi connectivity index (χ4v) is 6.18. The highest BCUT2D eigenvalue weighted by Gasteiger charge is 2.49. The topological polar surface area (TPSA) is 85.4 Å². The van der Waals surface area contributed by atoms with Crippen LogP contribution in [-0.2, 0) is 19.5 Å². The van der Waals surface area contributed by atoms with Crippen molar-refractivity contribution in [3.8, 4) is 5.75 Å². The molecule has 2 aliphatic heterocycles. The number of carbonyl (C=O) groups excluding carboxylic acids is 1. The molecule has 2 heterocycles. The van der Waals surface area contributed by atoms with Gasteiger partial charge in [-0.1, -0.05) is 0 Å². The molecule has 35 heavy (non-hydrogen) atoms. The van der Waals surface area contributed by atoms with Crippen molar-refractivity contribution < 1.29 is 36.2 Å². The minimum absolute atomic E-state index is 0.0130. The molecule has 196 valence electrons. The van der Waals surface area contributed by atoms with E-state index >= 15 is 0 Å². The fraction of sp³-hybridized carbons (Fsp3) is 0.708. The third kappa shape index (κ3) is 6.62. The maximum absolute atomic E-state index is 13.0. The van der Waals surface area contributed by atoms with Crippen molar-refractivity contribution in [3.63, 3.8) is 0 Å². The zero-order valence-corrected chi connectivity index (χ0v) is 21.0. The van der Waals surface area contributed by atoms with Crippen molar-refractivity contribution in [2.45, 2.75) is 87.6 Å². The number of sulfonamides is 1.